The SMILES string of the molecule is Cc1nc(-c2ccccc2Br)nc(C)c1CNCC(C)C. The van der Waals surface area contributed by atoms with Gasteiger partial charge in [-0.05, 0) is 32.4 Å². The van der Waals surface area contributed by atoms with E-state index in [1.165, 1.54) is 5.56 Å². The molecule has 2 aromatic rings. The van der Waals surface area contributed by atoms with Crippen LogP contribution in [0.2, 0.25) is 0 Å². The predicted molar refractivity (Wildman–Crippen MR) is 91.2 cm³/mol. The van der Waals surface area contributed by atoms with Crippen molar-refractivity contribution in [3.05, 3.63) is 45.7 Å². The Morgan fingerprint density at radius 2 is 1.71 bits per heavy atom. The van der Waals surface area contributed by atoms with Gasteiger partial charge in [0.05, 0.1) is 0 Å². The lowest BCUT2D eigenvalue weighted by atomic mass is 10.1. The minimum atomic E-state index is 0.645. The molecule has 0 aliphatic rings. The van der Waals surface area contributed by atoms with Crippen LogP contribution in [0.3, 0.4) is 0 Å². The highest BCUT2D eigenvalue weighted by Gasteiger charge is 2.11. The summed E-state index contributed by atoms with van der Waals surface area (Å²) in [5, 5.41) is 3.46. The second kappa shape index (κ2) is 7.14. The van der Waals surface area contributed by atoms with Gasteiger partial charge in [0.1, 0.15) is 0 Å². The average Bonchev–Trinajstić information content (AvgIpc) is 2.42. The molecule has 0 spiro atoms. The number of nitrogens with zero attached hydrogens (tertiary/aromatic N) is 2. The Morgan fingerprint density at radius 3 is 2.29 bits per heavy atom. The zero-order valence-corrected chi connectivity index (χ0v) is 14.7. The van der Waals surface area contributed by atoms with E-state index in [4.69, 9.17) is 0 Å². The van der Waals surface area contributed by atoms with Crippen molar-refractivity contribution >= 4 is 15.9 Å². The van der Waals surface area contributed by atoms with Crippen molar-refractivity contribution in [3.63, 3.8) is 0 Å². The van der Waals surface area contributed by atoms with Crippen molar-refractivity contribution in [2.24, 2.45) is 5.92 Å². The standard InChI is InChI=1S/C17H22BrN3/c1-11(2)9-19-10-15-12(3)20-17(21-13(15)4)14-7-5-6-8-16(14)18/h5-8,11,19H,9-10H2,1-4H3. The van der Waals surface area contributed by atoms with Gasteiger partial charge in [0.25, 0.3) is 0 Å². The van der Waals surface area contributed by atoms with Crippen LogP contribution in [0.4, 0.5) is 0 Å². The maximum atomic E-state index is 4.68. The Balaban J connectivity index is 2.27. The molecule has 21 heavy (non-hydrogen) atoms. The van der Waals surface area contributed by atoms with Crippen LogP contribution < -0.4 is 5.32 Å². The molecule has 0 fully saturated rings. The summed E-state index contributed by atoms with van der Waals surface area (Å²) >= 11 is 3.57. The quantitative estimate of drug-likeness (QED) is 0.877. The number of rotatable bonds is 5. The summed E-state index contributed by atoms with van der Waals surface area (Å²) in [6.07, 6.45) is 0. The first kappa shape index (κ1) is 16.1. The molecule has 0 amide bonds. The topological polar surface area (TPSA) is 37.8 Å². The van der Waals surface area contributed by atoms with Gasteiger partial charge in [-0.2, -0.15) is 0 Å². The third-order valence-corrected chi connectivity index (χ3v) is 4.08. The van der Waals surface area contributed by atoms with Gasteiger partial charge in [-0.3, -0.25) is 0 Å². The number of halogens is 1. The van der Waals surface area contributed by atoms with Crippen LogP contribution in [0.1, 0.15) is 30.8 Å². The molecular weight excluding hydrogens is 326 g/mol. The van der Waals surface area contributed by atoms with Crippen LogP contribution in [0, 0.1) is 19.8 Å². The first-order valence-electron chi connectivity index (χ1n) is 7.28. The summed E-state index contributed by atoms with van der Waals surface area (Å²) in [5.74, 6) is 1.43. The van der Waals surface area contributed by atoms with Crippen LogP contribution in [0.5, 0.6) is 0 Å². The Hall–Kier alpha value is -1.26. The second-order valence-corrected chi connectivity index (χ2v) is 6.56. The number of aryl methyl sites for hydroxylation is 2. The molecule has 1 aromatic carbocycles. The summed E-state index contributed by atoms with van der Waals surface area (Å²) in [4.78, 5) is 9.36. The Labute approximate surface area is 135 Å². The molecule has 3 nitrogen and oxygen atoms in total. The van der Waals surface area contributed by atoms with Crippen molar-refractivity contribution < 1.29 is 0 Å². The summed E-state index contributed by atoms with van der Waals surface area (Å²) in [5.41, 5.74) is 4.32. The van der Waals surface area contributed by atoms with E-state index in [1.807, 2.05) is 24.3 Å². The molecule has 1 aromatic heterocycles. The molecule has 0 aliphatic carbocycles. The molecule has 0 unspecified atom stereocenters. The van der Waals surface area contributed by atoms with E-state index in [0.29, 0.717) is 5.92 Å². The number of hydrogen-bond acceptors (Lipinski definition) is 3. The molecule has 1 heterocycles. The summed E-state index contributed by atoms with van der Waals surface area (Å²) in [6, 6.07) is 8.06. The Morgan fingerprint density at radius 1 is 1.10 bits per heavy atom. The lowest BCUT2D eigenvalue weighted by molar-refractivity contribution is 0.549. The fourth-order valence-electron chi connectivity index (χ4n) is 2.24. The van der Waals surface area contributed by atoms with E-state index >= 15 is 0 Å². The Bertz CT molecular complexity index is 600. The number of aromatic nitrogens is 2. The number of benzene rings is 1. The minimum Gasteiger partial charge on any atom is -0.312 e. The van der Waals surface area contributed by atoms with Crippen LogP contribution in [0.25, 0.3) is 11.4 Å². The van der Waals surface area contributed by atoms with Gasteiger partial charge < -0.3 is 5.32 Å². The molecule has 4 heteroatoms. The van der Waals surface area contributed by atoms with Crippen LogP contribution in [-0.4, -0.2) is 16.5 Å². The van der Waals surface area contributed by atoms with Crippen molar-refractivity contribution in [3.8, 4) is 11.4 Å². The van der Waals surface area contributed by atoms with E-state index in [2.05, 4.69) is 58.9 Å². The fraction of sp³-hybridized carbons (Fsp3) is 0.412. The highest BCUT2D eigenvalue weighted by atomic mass is 79.9. The van der Waals surface area contributed by atoms with Crippen molar-refractivity contribution in [1.82, 2.24) is 15.3 Å². The molecular formula is C17H22BrN3. The van der Waals surface area contributed by atoms with E-state index in [0.717, 1.165) is 40.3 Å². The lowest BCUT2D eigenvalue weighted by Gasteiger charge is -2.13. The maximum absolute atomic E-state index is 4.68. The molecule has 0 bridgehead atoms. The van der Waals surface area contributed by atoms with Crippen LogP contribution in [0.15, 0.2) is 28.7 Å². The third-order valence-electron chi connectivity index (χ3n) is 3.39. The monoisotopic (exact) mass is 347 g/mol. The molecule has 0 saturated heterocycles. The zero-order chi connectivity index (χ0) is 15.4. The lowest BCUT2D eigenvalue weighted by Crippen LogP contribution is -2.21. The first-order valence-corrected chi connectivity index (χ1v) is 8.08. The maximum Gasteiger partial charge on any atom is 0.160 e. The van der Waals surface area contributed by atoms with E-state index in [9.17, 15) is 0 Å². The van der Waals surface area contributed by atoms with Crippen LogP contribution in [-0.2, 0) is 6.54 Å². The van der Waals surface area contributed by atoms with Gasteiger partial charge in [0.2, 0.25) is 0 Å². The van der Waals surface area contributed by atoms with Crippen LogP contribution >= 0.6 is 15.9 Å². The number of hydrogen-bond donors (Lipinski definition) is 1. The highest BCUT2D eigenvalue weighted by molar-refractivity contribution is 9.10. The van der Waals surface area contributed by atoms with Gasteiger partial charge in [-0.1, -0.05) is 48.0 Å². The number of nitrogens with one attached hydrogen (secondary N) is 1. The van der Waals surface area contributed by atoms with E-state index in [1.54, 1.807) is 0 Å². The van der Waals surface area contributed by atoms with Gasteiger partial charge in [0, 0.05) is 33.5 Å². The highest BCUT2D eigenvalue weighted by Crippen LogP contribution is 2.26. The predicted octanol–water partition coefficient (Wildman–Crippen LogP) is 4.27. The van der Waals surface area contributed by atoms with Crippen molar-refractivity contribution in [1.29, 1.82) is 0 Å². The molecule has 2 rings (SSSR count). The Kier molecular flexibility index (Phi) is 5.48. The first-order chi connectivity index (χ1) is 9.99. The summed E-state index contributed by atoms with van der Waals surface area (Å²) in [7, 11) is 0. The average molecular weight is 348 g/mol. The normalized spacial score (nSPS) is 11.1. The van der Waals surface area contributed by atoms with Gasteiger partial charge in [-0.15, -0.1) is 0 Å². The molecule has 1 N–H and O–H groups in total. The molecule has 0 aliphatic heterocycles. The zero-order valence-electron chi connectivity index (χ0n) is 13.1. The molecule has 0 atom stereocenters. The van der Waals surface area contributed by atoms with Crippen molar-refractivity contribution in [2.45, 2.75) is 34.2 Å². The largest absolute Gasteiger partial charge is 0.312 e. The summed E-state index contributed by atoms with van der Waals surface area (Å²) in [6.45, 7) is 10.4. The van der Waals surface area contributed by atoms with Gasteiger partial charge in [0.15, 0.2) is 5.82 Å². The van der Waals surface area contributed by atoms with E-state index < -0.39 is 0 Å². The minimum absolute atomic E-state index is 0.645. The smallest absolute Gasteiger partial charge is 0.160 e. The molecule has 0 saturated carbocycles. The fourth-order valence-corrected chi connectivity index (χ4v) is 2.71. The van der Waals surface area contributed by atoms with Crippen molar-refractivity contribution in [2.75, 3.05) is 6.54 Å². The van der Waals surface area contributed by atoms with Gasteiger partial charge in [-0.25, -0.2) is 9.97 Å². The third kappa shape index (κ3) is 4.11. The van der Waals surface area contributed by atoms with E-state index in [-0.39, 0.29) is 0 Å². The summed E-state index contributed by atoms with van der Waals surface area (Å²) < 4.78 is 1.02. The second-order valence-electron chi connectivity index (χ2n) is 5.70. The van der Waals surface area contributed by atoms with Gasteiger partial charge >= 0.3 is 0 Å². The molecule has 0 radical (unpaired) electrons. The molecule has 112 valence electrons.